The van der Waals surface area contributed by atoms with Gasteiger partial charge in [0.1, 0.15) is 18.2 Å². The van der Waals surface area contributed by atoms with Gasteiger partial charge in [0.25, 0.3) is 5.91 Å². The van der Waals surface area contributed by atoms with Crippen molar-refractivity contribution in [2.75, 3.05) is 13.1 Å². The van der Waals surface area contributed by atoms with E-state index in [1.165, 1.54) is 4.90 Å². The van der Waals surface area contributed by atoms with Crippen LogP contribution in [0.5, 0.6) is 0 Å². The first-order chi connectivity index (χ1) is 9.10. The molecule has 0 aliphatic carbocycles. The third kappa shape index (κ3) is 4.65. The van der Waals surface area contributed by atoms with E-state index in [0.29, 0.717) is 0 Å². The Hall–Kier alpha value is -1.90. The number of likely N-dealkylation sites (tertiary alicyclic amines) is 1. The molecule has 1 rings (SSSR count). The van der Waals surface area contributed by atoms with E-state index in [2.05, 4.69) is 10.6 Å². The van der Waals surface area contributed by atoms with Gasteiger partial charge in [-0.2, -0.15) is 0 Å². The normalized spacial score (nSPS) is 18.1. The summed E-state index contributed by atoms with van der Waals surface area (Å²) in [5.41, 5.74) is -0.644. The predicted molar refractivity (Wildman–Crippen MR) is 73.1 cm³/mol. The molecule has 0 aromatic heterocycles. The monoisotopic (exact) mass is 303 g/mol. The zero-order valence-corrected chi connectivity index (χ0v) is 12.2. The summed E-state index contributed by atoms with van der Waals surface area (Å²) in [6, 6.07) is -0.700. The number of ether oxygens (including phenoxy) is 1. The molecule has 0 bridgehead atoms. The third-order valence-corrected chi connectivity index (χ3v) is 2.62. The largest absolute Gasteiger partial charge is 0.480 e. The van der Waals surface area contributed by atoms with Gasteiger partial charge >= 0.3 is 12.1 Å². The molecule has 3 N–H and O–H groups in total. The highest BCUT2D eigenvalue weighted by Gasteiger charge is 2.40. The number of carboxylic acids is 1. The Morgan fingerprint density at radius 3 is 2.55 bits per heavy atom. The van der Waals surface area contributed by atoms with Crippen LogP contribution in [0.15, 0.2) is 0 Å². The second-order valence-corrected chi connectivity index (χ2v) is 5.59. The van der Waals surface area contributed by atoms with E-state index in [4.69, 9.17) is 22.1 Å². The number of β-lactam (4-membered cyclic amide) rings is 1. The van der Waals surface area contributed by atoms with Gasteiger partial charge in [-0.1, -0.05) is 0 Å². The van der Waals surface area contributed by atoms with Gasteiger partial charge in [0.2, 0.25) is 0 Å². The SMILES string of the molecule is CC(C)(C)OC(=O)N[C@H]1CN(C(=S)NCC(=O)O)C1=O. The molecule has 1 aliphatic rings. The van der Waals surface area contributed by atoms with Crippen LogP contribution in [0.1, 0.15) is 20.8 Å². The van der Waals surface area contributed by atoms with Gasteiger partial charge in [-0.25, -0.2) is 4.79 Å². The van der Waals surface area contributed by atoms with Crippen LogP contribution < -0.4 is 10.6 Å². The lowest BCUT2D eigenvalue weighted by Gasteiger charge is -2.38. The average molecular weight is 303 g/mol. The Bertz CT molecular complexity index is 446. The van der Waals surface area contributed by atoms with Gasteiger partial charge < -0.3 is 20.5 Å². The number of rotatable bonds is 3. The lowest BCUT2D eigenvalue weighted by molar-refractivity contribution is -0.139. The smallest absolute Gasteiger partial charge is 0.408 e. The first-order valence-electron chi connectivity index (χ1n) is 5.90. The molecule has 0 radical (unpaired) electrons. The van der Waals surface area contributed by atoms with Gasteiger partial charge in [0.05, 0.1) is 6.54 Å². The van der Waals surface area contributed by atoms with Gasteiger partial charge in [-0.15, -0.1) is 0 Å². The maximum Gasteiger partial charge on any atom is 0.408 e. The highest BCUT2D eigenvalue weighted by molar-refractivity contribution is 7.80. The summed E-state index contributed by atoms with van der Waals surface area (Å²) in [6.07, 6.45) is -0.681. The highest BCUT2D eigenvalue weighted by Crippen LogP contribution is 2.12. The summed E-state index contributed by atoms with van der Waals surface area (Å²) >= 11 is 4.86. The summed E-state index contributed by atoms with van der Waals surface area (Å²) in [5, 5.41) is 13.3. The van der Waals surface area contributed by atoms with Crippen LogP contribution in [-0.2, 0) is 14.3 Å². The number of hydrogen-bond donors (Lipinski definition) is 3. The highest BCUT2D eigenvalue weighted by atomic mass is 32.1. The Balaban J connectivity index is 2.38. The molecule has 0 aromatic carbocycles. The summed E-state index contributed by atoms with van der Waals surface area (Å²) in [4.78, 5) is 34.7. The van der Waals surface area contributed by atoms with E-state index < -0.39 is 29.6 Å². The van der Waals surface area contributed by atoms with E-state index in [9.17, 15) is 14.4 Å². The minimum atomic E-state index is -1.08. The maximum absolute atomic E-state index is 11.7. The number of carbonyl (C=O) groups excluding carboxylic acids is 2. The fraction of sp³-hybridized carbons (Fsp3) is 0.636. The standard InChI is InChI=1S/C11H17N3O5S/c1-11(2,3)19-10(18)13-6-5-14(8(6)17)9(20)12-4-7(15)16/h6H,4-5H2,1-3H3,(H,12,20)(H,13,18)(H,15,16)/t6-/m0/s1. The van der Waals surface area contributed by atoms with Crippen LogP contribution in [0.2, 0.25) is 0 Å². The minimum absolute atomic E-state index is 0.0274. The van der Waals surface area contributed by atoms with Crippen LogP contribution in [0.3, 0.4) is 0 Å². The second-order valence-electron chi connectivity index (χ2n) is 5.20. The molecule has 0 spiro atoms. The summed E-state index contributed by atoms with van der Waals surface area (Å²) in [6.45, 7) is 4.96. The molecular weight excluding hydrogens is 286 g/mol. The zero-order valence-electron chi connectivity index (χ0n) is 11.4. The molecule has 1 atom stereocenters. The van der Waals surface area contributed by atoms with Crippen LogP contribution in [0.25, 0.3) is 0 Å². The maximum atomic E-state index is 11.7. The Kier molecular flexibility index (Phi) is 4.88. The van der Waals surface area contributed by atoms with Crippen molar-refractivity contribution in [3.8, 4) is 0 Å². The fourth-order valence-corrected chi connectivity index (χ4v) is 1.65. The number of carboxylic acid groups (broad SMARTS) is 1. The molecular formula is C11H17N3O5S. The summed E-state index contributed by atoms with van der Waals surface area (Å²) in [7, 11) is 0. The first kappa shape index (κ1) is 16.2. The minimum Gasteiger partial charge on any atom is -0.480 e. The van der Waals surface area contributed by atoms with Gasteiger partial charge in [-0.3, -0.25) is 14.5 Å². The van der Waals surface area contributed by atoms with E-state index >= 15 is 0 Å². The average Bonchev–Trinajstić information content (AvgIpc) is 2.28. The number of thiocarbonyl (C=S) groups is 1. The number of alkyl carbamates (subject to hydrolysis) is 1. The second kappa shape index (κ2) is 6.04. The number of carbonyl (C=O) groups is 3. The van der Waals surface area contributed by atoms with Gasteiger partial charge in [0, 0.05) is 0 Å². The van der Waals surface area contributed by atoms with Crippen molar-refractivity contribution in [3.63, 3.8) is 0 Å². The first-order valence-corrected chi connectivity index (χ1v) is 6.31. The van der Waals surface area contributed by atoms with E-state index in [1.54, 1.807) is 20.8 Å². The molecule has 0 saturated carbocycles. The molecule has 1 heterocycles. The summed E-state index contributed by atoms with van der Waals surface area (Å²) in [5.74, 6) is -1.48. The zero-order chi connectivity index (χ0) is 15.5. The number of nitrogens with zero attached hydrogens (tertiary/aromatic N) is 1. The molecule has 0 aromatic rings. The van der Waals surface area contributed by atoms with Gasteiger partial charge in [0.15, 0.2) is 5.11 Å². The quantitative estimate of drug-likeness (QED) is 0.484. The van der Waals surface area contributed by atoms with Crippen molar-refractivity contribution in [1.29, 1.82) is 0 Å². The number of amides is 2. The van der Waals surface area contributed by atoms with Crippen molar-refractivity contribution in [3.05, 3.63) is 0 Å². The van der Waals surface area contributed by atoms with Crippen LogP contribution in [0.4, 0.5) is 4.79 Å². The third-order valence-electron chi connectivity index (χ3n) is 2.26. The van der Waals surface area contributed by atoms with Crippen molar-refractivity contribution >= 4 is 35.3 Å². The lowest BCUT2D eigenvalue weighted by atomic mass is 10.1. The van der Waals surface area contributed by atoms with E-state index in [-0.39, 0.29) is 18.2 Å². The molecule has 1 saturated heterocycles. The van der Waals surface area contributed by atoms with Crippen molar-refractivity contribution in [1.82, 2.24) is 15.5 Å². The molecule has 20 heavy (non-hydrogen) atoms. The topological polar surface area (TPSA) is 108 Å². The molecule has 8 nitrogen and oxygen atoms in total. The van der Waals surface area contributed by atoms with E-state index in [1.807, 2.05) is 0 Å². The van der Waals surface area contributed by atoms with Crippen molar-refractivity contribution in [2.24, 2.45) is 0 Å². The lowest BCUT2D eigenvalue weighted by Crippen LogP contribution is -2.67. The van der Waals surface area contributed by atoms with Crippen LogP contribution in [0, 0.1) is 0 Å². The summed E-state index contributed by atoms with van der Waals surface area (Å²) < 4.78 is 5.02. The Labute approximate surface area is 121 Å². The van der Waals surface area contributed by atoms with E-state index in [0.717, 1.165) is 0 Å². The van der Waals surface area contributed by atoms with Crippen molar-refractivity contribution in [2.45, 2.75) is 32.4 Å². The van der Waals surface area contributed by atoms with Crippen molar-refractivity contribution < 1.29 is 24.2 Å². The van der Waals surface area contributed by atoms with Gasteiger partial charge in [-0.05, 0) is 33.0 Å². The molecule has 1 aliphatic heterocycles. The molecule has 112 valence electrons. The molecule has 0 unspecified atom stereocenters. The van der Waals surface area contributed by atoms with Crippen LogP contribution >= 0.6 is 12.2 Å². The predicted octanol–water partition coefficient (Wildman–Crippen LogP) is -0.319. The fourth-order valence-electron chi connectivity index (χ4n) is 1.41. The Morgan fingerprint density at radius 2 is 2.10 bits per heavy atom. The number of aliphatic carboxylic acids is 1. The molecule has 1 fully saturated rings. The Morgan fingerprint density at radius 1 is 1.50 bits per heavy atom. The van der Waals surface area contributed by atoms with Crippen LogP contribution in [-0.4, -0.2) is 57.8 Å². The molecule has 2 amide bonds. The number of hydrogen-bond acceptors (Lipinski definition) is 5. The molecule has 9 heteroatoms. The number of nitrogens with one attached hydrogen (secondary N) is 2.